The number of nitrogens with one attached hydrogen (secondary N) is 1. The monoisotopic (exact) mass is 441 g/mol. The molecule has 2 amide bonds. The molecule has 0 saturated heterocycles. The van der Waals surface area contributed by atoms with Crippen LogP contribution in [0.25, 0.3) is 0 Å². The van der Waals surface area contributed by atoms with E-state index in [4.69, 9.17) is 9.47 Å². The van der Waals surface area contributed by atoms with E-state index in [0.717, 1.165) is 5.56 Å². The van der Waals surface area contributed by atoms with E-state index in [1.54, 1.807) is 30.9 Å². The number of aryl methyl sites for hydroxylation is 1. The molecule has 2 rings (SSSR count). The van der Waals surface area contributed by atoms with Gasteiger partial charge in [-0.15, -0.1) is 0 Å². The summed E-state index contributed by atoms with van der Waals surface area (Å²) in [4.78, 5) is 43.1. The van der Waals surface area contributed by atoms with Crippen LogP contribution in [0.2, 0.25) is 0 Å². The lowest BCUT2D eigenvalue weighted by Gasteiger charge is -2.27. The Morgan fingerprint density at radius 1 is 1.06 bits per heavy atom. The minimum Gasteiger partial charge on any atom is -0.462 e. The number of hydrogen-bond acceptors (Lipinski definition) is 6. The van der Waals surface area contributed by atoms with Crippen LogP contribution in [0.5, 0.6) is 0 Å². The lowest BCUT2D eigenvalue weighted by Crippen LogP contribution is -2.36. The summed E-state index contributed by atoms with van der Waals surface area (Å²) in [6.45, 7) is 11.7. The number of nitrogens with zero attached hydrogens (tertiary/aromatic N) is 2. The fraction of sp³-hybridized carbons (Fsp3) is 0.417. The number of pyridine rings is 1. The number of amides is 2. The van der Waals surface area contributed by atoms with Gasteiger partial charge in [-0.25, -0.2) is 14.6 Å². The lowest BCUT2D eigenvalue weighted by atomic mass is 10.1. The van der Waals surface area contributed by atoms with Crippen LogP contribution in [0.4, 0.5) is 10.5 Å². The van der Waals surface area contributed by atoms with Gasteiger partial charge < -0.3 is 19.7 Å². The molecule has 172 valence electrons. The van der Waals surface area contributed by atoms with E-state index in [1.165, 1.54) is 12.1 Å². The van der Waals surface area contributed by atoms with Crippen molar-refractivity contribution in [1.29, 1.82) is 0 Å². The maximum Gasteiger partial charge on any atom is 0.410 e. The van der Waals surface area contributed by atoms with Gasteiger partial charge in [-0.2, -0.15) is 0 Å². The molecule has 8 heteroatoms. The van der Waals surface area contributed by atoms with Gasteiger partial charge >= 0.3 is 12.1 Å². The summed E-state index contributed by atoms with van der Waals surface area (Å²) in [5, 5.41) is 2.85. The Morgan fingerprint density at radius 2 is 1.75 bits per heavy atom. The molecule has 0 aliphatic heterocycles. The predicted octanol–water partition coefficient (Wildman–Crippen LogP) is 4.58. The third-order valence-corrected chi connectivity index (χ3v) is 4.47. The van der Waals surface area contributed by atoms with Crippen LogP contribution < -0.4 is 5.32 Å². The average Bonchev–Trinajstić information content (AvgIpc) is 2.71. The van der Waals surface area contributed by atoms with Crippen LogP contribution in [0.15, 0.2) is 36.4 Å². The van der Waals surface area contributed by atoms with Crippen molar-refractivity contribution in [3.8, 4) is 0 Å². The number of benzene rings is 1. The van der Waals surface area contributed by atoms with Crippen LogP contribution in [0, 0.1) is 6.92 Å². The summed E-state index contributed by atoms with van der Waals surface area (Å²) in [7, 11) is 0. The van der Waals surface area contributed by atoms with E-state index in [0.29, 0.717) is 23.5 Å². The van der Waals surface area contributed by atoms with E-state index in [-0.39, 0.29) is 18.8 Å². The number of esters is 1. The highest BCUT2D eigenvalue weighted by atomic mass is 16.6. The van der Waals surface area contributed by atoms with Crippen molar-refractivity contribution >= 4 is 23.7 Å². The smallest absolute Gasteiger partial charge is 0.410 e. The van der Waals surface area contributed by atoms with Crippen molar-refractivity contribution in [3.05, 3.63) is 58.9 Å². The van der Waals surface area contributed by atoms with Crippen molar-refractivity contribution < 1.29 is 23.9 Å². The van der Waals surface area contributed by atoms with Crippen LogP contribution in [-0.4, -0.2) is 46.6 Å². The molecule has 8 nitrogen and oxygen atoms in total. The average molecular weight is 442 g/mol. The van der Waals surface area contributed by atoms with Crippen LogP contribution in [0.1, 0.15) is 66.7 Å². The van der Waals surface area contributed by atoms with Gasteiger partial charge in [0.25, 0.3) is 5.91 Å². The zero-order valence-corrected chi connectivity index (χ0v) is 19.5. The van der Waals surface area contributed by atoms with E-state index >= 15 is 0 Å². The minimum atomic E-state index is -0.600. The Hall–Kier alpha value is -3.42. The van der Waals surface area contributed by atoms with Gasteiger partial charge in [-0.05, 0) is 65.3 Å². The second kappa shape index (κ2) is 10.7. The summed E-state index contributed by atoms with van der Waals surface area (Å²) >= 11 is 0. The first-order valence-electron chi connectivity index (χ1n) is 10.6. The molecular weight excluding hydrogens is 410 g/mol. The van der Waals surface area contributed by atoms with Crippen molar-refractivity contribution in [2.75, 3.05) is 18.5 Å². The Labute approximate surface area is 188 Å². The molecule has 0 saturated carbocycles. The second-order valence-electron chi connectivity index (χ2n) is 8.16. The van der Waals surface area contributed by atoms with Gasteiger partial charge in [-0.3, -0.25) is 4.79 Å². The first-order valence-corrected chi connectivity index (χ1v) is 10.6. The van der Waals surface area contributed by atoms with Gasteiger partial charge in [0.1, 0.15) is 11.3 Å². The quantitative estimate of drug-likeness (QED) is 0.632. The first-order chi connectivity index (χ1) is 15.1. The van der Waals surface area contributed by atoms with E-state index in [1.807, 2.05) is 39.8 Å². The topological polar surface area (TPSA) is 97.8 Å². The Kier molecular flexibility index (Phi) is 8.34. The van der Waals surface area contributed by atoms with E-state index < -0.39 is 23.6 Å². The molecule has 0 aliphatic rings. The highest BCUT2D eigenvalue weighted by Gasteiger charge is 2.22. The van der Waals surface area contributed by atoms with Crippen LogP contribution in [-0.2, 0) is 16.0 Å². The van der Waals surface area contributed by atoms with Crippen molar-refractivity contribution in [2.45, 2.75) is 53.7 Å². The van der Waals surface area contributed by atoms with E-state index in [9.17, 15) is 14.4 Å². The SMILES string of the molecule is CCOC(=O)c1ccc(C(=O)Nc2ccccc2CN(CC)C(=O)OC(C)(C)C)nc1C. The van der Waals surface area contributed by atoms with Crippen molar-refractivity contribution in [1.82, 2.24) is 9.88 Å². The largest absolute Gasteiger partial charge is 0.462 e. The number of hydrogen-bond donors (Lipinski definition) is 1. The van der Waals surface area contributed by atoms with Gasteiger partial charge in [0.2, 0.25) is 0 Å². The normalized spacial score (nSPS) is 10.9. The molecule has 1 N–H and O–H groups in total. The second-order valence-corrected chi connectivity index (χ2v) is 8.16. The molecule has 0 fully saturated rings. The summed E-state index contributed by atoms with van der Waals surface area (Å²) in [6, 6.07) is 10.2. The first kappa shape index (κ1) is 24.8. The molecule has 0 unspecified atom stereocenters. The van der Waals surface area contributed by atoms with Gasteiger partial charge in [0, 0.05) is 12.2 Å². The molecule has 0 bridgehead atoms. The number of carbonyl (C=O) groups is 3. The Bertz CT molecular complexity index is 982. The summed E-state index contributed by atoms with van der Waals surface area (Å²) in [5.74, 6) is -0.895. The fourth-order valence-corrected chi connectivity index (χ4v) is 2.92. The van der Waals surface area contributed by atoms with Gasteiger partial charge in [0.15, 0.2) is 0 Å². The van der Waals surface area contributed by atoms with Gasteiger partial charge in [0.05, 0.1) is 24.4 Å². The van der Waals surface area contributed by atoms with E-state index in [2.05, 4.69) is 10.3 Å². The summed E-state index contributed by atoms with van der Waals surface area (Å²) < 4.78 is 10.5. The van der Waals surface area contributed by atoms with Crippen molar-refractivity contribution in [3.63, 3.8) is 0 Å². The molecule has 1 aromatic heterocycles. The number of aromatic nitrogens is 1. The highest BCUT2D eigenvalue weighted by molar-refractivity contribution is 6.04. The summed E-state index contributed by atoms with van der Waals surface area (Å²) in [6.07, 6.45) is -0.423. The number of para-hydroxylation sites is 1. The fourth-order valence-electron chi connectivity index (χ4n) is 2.92. The third kappa shape index (κ3) is 6.80. The van der Waals surface area contributed by atoms with Crippen LogP contribution in [0.3, 0.4) is 0 Å². The molecule has 1 aromatic carbocycles. The Morgan fingerprint density at radius 3 is 2.34 bits per heavy atom. The zero-order valence-electron chi connectivity index (χ0n) is 19.5. The molecule has 0 radical (unpaired) electrons. The molecule has 0 aliphatic carbocycles. The lowest BCUT2D eigenvalue weighted by molar-refractivity contribution is 0.0244. The predicted molar refractivity (Wildman–Crippen MR) is 122 cm³/mol. The summed E-state index contributed by atoms with van der Waals surface area (Å²) in [5.41, 5.74) is 1.62. The molecule has 32 heavy (non-hydrogen) atoms. The highest BCUT2D eigenvalue weighted by Crippen LogP contribution is 2.20. The molecule has 1 heterocycles. The number of ether oxygens (including phenoxy) is 2. The molecular formula is C24H31N3O5. The molecule has 0 spiro atoms. The number of rotatable bonds is 7. The zero-order chi connectivity index (χ0) is 23.9. The Balaban J connectivity index is 2.19. The maximum absolute atomic E-state index is 12.8. The minimum absolute atomic E-state index is 0.171. The molecule has 2 aromatic rings. The van der Waals surface area contributed by atoms with Gasteiger partial charge in [-0.1, -0.05) is 18.2 Å². The third-order valence-electron chi connectivity index (χ3n) is 4.47. The maximum atomic E-state index is 12.8. The standard InChI is InChI=1S/C24H31N3O5/c1-7-27(23(30)32-24(4,5)6)15-17-11-9-10-12-19(17)26-21(28)20-14-13-18(16(3)25-20)22(29)31-8-2/h9-14H,7-8,15H2,1-6H3,(H,26,28). The number of anilines is 1. The van der Waals surface area contributed by atoms with Crippen LogP contribution >= 0.6 is 0 Å². The molecule has 0 atom stereocenters. The van der Waals surface area contributed by atoms with Crippen molar-refractivity contribution in [2.24, 2.45) is 0 Å². The number of carbonyl (C=O) groups excluding carboxylic acids is 3.